The highest BCUT2D eigenvalue weighted by Gasteiger charge is 2.13. The van der Waals surface area contributed by atoms with E-state index < -0.39 is 0 Å². The van der Waals surface area contributed by atoms with Gasteiger partial charge in [-0.15, -0.1) is 11.3 Å². The third-order valence-corrected chi connectivity index (χ3v) is 5.06. The number of carbonyl (C=O) groups is 1. The van der Waals surface area contributed by atoms with Gasteiger partial charge in [0.15, 0.2) is 0 Å². The molecule has 1 aromatic carbocycles. The van der Waals surface area contributed by atoms with Crippen molar-refractivity contribution in [1.82, 2.24) is 25.1 Å². The van der Waals surface area contributed by atoms with Gasteiger partial charge in [0.25, 0.3) is 0 Å². The third-order valence-electron chi connectivity index (χ3n) is 3.99. The molecule has 26 heavy (non-hydrogen) atoms. The van der Waals surface area contributed by atoms with E-state index in [1.165, 1.54) is 0 Å². The standard InChI is InChI=1S/C18H16N6OS/c1-20-16(25)10-24-9-12(8-22-24)11-6-13(17(19)21-7-11)18-23-14-4-2-3-5-15(14)26-18/h2-9H,10H2,1H3,(H2,19,21)(H,20,25). The van der Waals surface area contributed by atoms with Crippen LogP contribution in [0.5, 0.6) is 0 Å². The van der Waals surface area contributed by atoms with Gasteiger partial charge >= 0.3 is 0 Å². The zero-order chi connectivity index (χ0) is 18.1. The maximum absolute atomic E-state index is 11.5. The van der Waals surface area contributed by atoms with Crippen LogP contribution in [0.2, 0.25) is 0 Å². The van der Waals surface area contributed by atoms with Crippen molar-refractivity contribution >= 4 is 33.3 Å². The molecule has 0 spiro atoms. The second kappa shape index (κ2) is 6.57. The number of nitrogen functional groups attached to an aromatic ring is 1. The van der Waals surface area contributed by atoms with E-state index in [1.54, 1.807) is 35.5 Å². The largest absolute Gasteiger partial charge is 0.383 e. The average molecular weight is 364 g/mol. The van der Waals surface area contributed by atoms with Crippen molar-refractivity contribution in [2.45, 2.75) is 6.54 Å². The first-order chi connectivity index (χ1) is 12.6. The lowest BCUT2D eigenvalue weighted by molar-refractivity contribution is -0.121. The lowest BCUT2D eigenvalue weighted by Gasteiger charge is -2.04. The lowest BCUT2D eigenvalue weighted by atomic mass is 10.1. The summed E-state index contributed by atoms with van der Waals surface area (Å²) in [5.41, 5.74) is 9.56. The first-order valence-corrected chi connectivity index (χ1v) is 8.80. The molecule has 0 aliphatic rings. The molecule has 3 aromatic heterocycles. The zero-order valence-electron chi connectivity index (χ0n) is 14.0. The predicted octanol–water partition coefficient (Wildman–Crippen LogP) is 2.55. The smallest absolute Gasteiger partial charge is 0.241 e. The van der Waals surface area contributed by atoms with E-state index in [1.807, 2.05) is 36.5 Å². The van der Waals surface area contributed by atoms with Crippen LogP contribution in [0.4, 0.5) is 5.82 Å². The predicted molar refractivity (Wildman–Crippen MR) is 103 cm³/mol. The van der Waals surface area contributed by atoms with Gasteiger partial charge in [0.2, 0.25) is 5.91 Å². The van der Waals surface area contributed by atoms with E-state index >= 15 is 0 Å². The zero-order valence-corrected chi connectivity index (χ0v) is 14.8. The van der Waals surface area contributed by atoms with Crippen LogP contribution in [0.3, 0.4) is 0 Å². The summed E-state index contributed by atoms with van der Waals surface area (Å²) in [5.74, 6) is 0.329. The molecular formula is C18H16N6OS. The Bertz CT molecular complexity index is 1070. The normalized spacial score (nSPS) is 11.0. The summed E-state index contributed by atoms with van der Waals surface area (Å²) in [6.45, 7) is 0.170. The molecule has 7 nitrogen and oxygen atoms in total. The molecule has 3 N–H and O–H groups in total. The second-order valence-electron chi connectivity index (χ2n) is 5.74. The maximum Gasteiger partial charge on any atom is 0.241 e. The monoisotopic (exact) mass is 364 g/mol. The Morgan fingerprint density at radius 1 is 1.27 bits per heavy atom. The number of nitrogens with two attached hydrogens (primary N) is 1. The van der Waals surface area contributed by atoms with Crippen LogP contribution >= 0.6 is 11.3 Å². The number of nitrogens with one attached hydrogen (secondary N) is 1. The van der Waals surface area contributed by atoms with Gasteiger partial charge in [-0.05, 0) is 18.2 Å². The molecule has 0 aliphatic carbocycles. The van der Waals surface area contributed by atoms with Crippen molar-refractivity contribution in [3.8, 4) is 21.7 Å². The van der Waals surface area contributed by atoms with Crippen molar-refractivity contribution in [2.75, 3.05) is 12.8 Å². The number of hydrogen-bond donors (Lipinski definition) is 2. The molecule has 4 aromatic rings. The van der Waals surface area contributed by atoms with Crippen molar-refractivity contribution in [1.29, 1.82) is 0 Å². The van der Waals surface area contributed by atoms with Crippen molar-refractivity contribution in [2.24, 2.45) is 0 Å². The number of likely N-dealkylation sites (N-methyl/N-ethyl adjacent to an activating group) is 1. The van der Waals surface area contributed by atoms with E-state index in [-0.39, 0.29) is 12.5 Å². The lowest BCUT2D eigenvalue weighted by Crippen LogP contribution is -2.23. The Kier molecular flexibility index (Phi) is 4.10. The number of anilines is 1. The molecule has 0 saturated heterocycles. The SMILES string of the molecule is CNC(=O)Cn1cc(-c2cnc(N)c(-c3nc4ccccc4s3)c2)cn1. The Morgan fingerprint density at radius 3 is 2.92 bits per heavy atom. The van der Waals surface area contributed by atoms with Crippen LogP contribution in [0.15, 0.2) is 48.9 Å². The number of benzene rings is 1. The summed E-state index contributed by atoms with van der Waals surface area (Å²) in [5, 5.41) is 7.63. The summed E-state index contributed by atoms with van der Waals surface area (Å²) >= 11 is 1.58. The minimum atomic E-state index is -0.106. The molecule has 0 aliphatic heterocycles. The van der Waals surface area contributed by atoms with Gasteiger partial charge in [0.05, 0.1) is 22.0 Å². The highest BCUT2D eigenvalue weighted by Crippen LogP contribution is 2.34. The number of fused-ring (bicyclic) bond motifs is 1. The maximum atomic E-state index is 11.5. The van der Waals surface area contributed by atoms with Crippen LogP contribution in [-0.4, -0.2) is 32.7 Å². The first kappa shape index (κ1) is 16.2. The number of para-hydroxylation sites is 1. The molecule has 1 amide bonds. The topological polar surface area (TPSA) is 98.7 Å². The Balaban J connectivity index is 1.71. The number of carbonyl (C=O) groups excluding carboxylic acids is 1. The van der Waals surface area contributed by atoms with Gasteiger partial charge in [0, 0.05) is 30.6 Å². The fourth-order valence-corrected chi connectivity index (χ4v) is 3.61. The Hall–Kier alpha value is -3.26. The molecule has 0 bridgehead atoms. The minimum absolute atomic E-state index is 0.106. The Morgan fingerprint density at radius 2 is 2.12 bits per heavy atom. The van der Waals surface area contributed by atoms with Gasteiger partial charge in [-0.3, -0.25) is 9.48 Å². The molecule has 0 atom stereocenters. The highest BCUT2D eigenvalue weighted by molar-refractivity contribution is 7.21. The molecule has 3 heterocycles. The summed E-state index contributed by atoms with van der Waals surface area (Å²) in [7, 11) is 1.60. The Labute approximate surface area is 153 Å². The van der Waals surface area contributed by atoms with Gasteiger partial charge in [-0.1, -0.05) is 12.1 Å². The number of rotatable bonds is 4. The molecule has 0 fully saturated rings. The number of aromatic nitrogens is 4. The number of pyridine rings is 1. The van der Waals surface area contributed by atoms with E-state index in [4.69, 9.17) is 5.73 Å². The van der Waals surface area contributed by atoms with Crippen molar-refractivity contribution in [3.05, 3.63) is 48.9 Å². The van der Waals surface area contributed by atoms with Crippen molar-refractivity contribution in [3.63, 3.8) is 0 Å². The van der Waals surface area contributed by atoms with Crippen LogP contribution in [0.1, 0.15) is 0 Å². The first-order valence-electron chi connectivity index (χ1n) is 7.99. The minimum Gasteiger partial charge on any atom is -0.383 e. The fourth-order valence-electron chi connectivity index (χ4n) is 2.62. The molecule has 130 valence electrons. The van der Waals surface area contributed by atoms with Gasteiger partial charge in [-0.2, -0.15) is 5.10 Å². The average Bonchev–Trinajstić information content (AvgIpc) is 3.28. The quantitative estimate of drug-likeness (QED) is 0.580. The number of hydrogen-bond acceptors (Lipinski definition) is 6. The van der Waals surface area contributed by atoms with Crippen LogP contribution in [0, 0.1) is 0 Å². The number of amides is 1. The molecular weight excluding hydrogens is 348 g/mol. The number of thiazole rings is 1. The van der Waals surface area contributed by atoms with Crippen molar-refractivity contribution < 1.29 is 4.79 Å². The molecule has 8 heteroatoms. The van der Waals surface area contributed by atoms with Gasteiger partial charge < -0.3 is 11.1 Å². The molecule has 4 rings (SSSR count). The third kappa shape index (κ3) is 3.02. The molecule has 0 unspecified atom stereocenters. The van der Waals surface area contributed by atoms with E-state index in [0.717, 1.165) is 31.9 Å². The number of nitrogens with zero attached hydrogens (tertiary/aromatic N) is 4. The van der Waals surface area contributed by atoms with Crippen LogP contribution in [0.25, 0.3) is 31.9 Å². The van der Waals surface area contributed by atoms with E-state index in [0.29, 0.717) is 5.82 Å². The van der Waals surface area contributed by atoms with Crippen LogP contribution < -0.4 is 11.1 Å². The highest BCUT2D eigenvalue weighted by atomic mass is 32.1. The van der Waals surface area contributed by atoms with E-state index in [2.05, 4.69) is 20.4 Å². The van der Waals surface area contributed by atoms with Gasteiger partial charge in [-0.25, -0.2) is 9.97 Å². The van der Waals surface area contributed by atoms with Crippen LogP contribution in [-0.2, 0) is 11.3 Å². The summed E-state index contributed by atoms with van der Waals surface area (Å²) in [6.07, 6.45) is 5.22. The molecule has 0 radical (unpaired) electrons. The summed E-state index contributed by atoms with van der Waals surface area (Å²) in [4.78, 5) is 20.5. The molecule has 0 saturated carbocycles. The summed E-state index contributed by atoms with van der Waals surface area (Å²) < 4.78 is 2.69. The second-order valence-corrected chi connectivity index (χ2v) is 6.77. The van der Waals surface area contributed by atoms with Gasteiger partial charge in [0.1, 0.15) is 17.4 Å². The summed E-state index contributed by atoms with van der Waals surface area (Å²) in [6, 6.07) is 9.92. The van der Waals surface area contributed by atoms with E-state index in [9.17, 15) is 4.79 Å². The fraction of sp³-hybridized carbons (Fsp3) is 0.111.